The van der Waals surface area contributed by atoms with E-state index >= 15 is 0 Å². The van der Waals surface area contributed by atoms with Crippen molar-refractivity contribution in [2.45, 2.75) is 52.6 Å². The smallest absolute Gasteiger partial charge is 0.248 e. The Balaban J connectivity index is 1.95. The van der Waals surface area contributed by atoms with Gasteiger partial charge in [0.05, 0.1) is 0 Å². The largest absolute Gasteiger partial charge is 0.366 e. The predicted molar refractivity (Wildman–Crippen MR) is 82.5 cm³/mol. The Kier molecular flexibility index (Phi) is 4.81. The number of amides is 1. The molecule has 110 valence electrons. The van der Waals surface area contributed by atoms with Crippen molar-refractivity contribution in [3.63, 3.8) is 0 Å². The second kappa shape index (κ2) is 6.40. The van der Waals surface area contributed by atoms with E-state index in [-0.39, 0.29) is 5.91 Å². The molecule has 3 N–H and O–H groups in total. The molecule has 1 fully saturated rings. The molecule has 2 rings (SSSR count). The highest BCUT2D eigenvalue weighted by atomic mass is 16.1. The van der Waals surface area contributed by atoms with E-state index in [0.29, 0.717) is 11.6 Å². The molecule has 0 spiro atoms. The van der Waals surface area contributed by atoms with Crippen LogP contribution in [0.4, 0.5) is 0 Å². The number of nitrogens with one attached hydrogen (secondary N) is 1. The third-order valence-corrected chi connectivity index (χ3v) is 4.61. The zero-order valence-electron chi connectivity index (χ0n) is 12.8. The van der Waals surface area contributed by atoms with Gasteiger partial charge >= 0.3 is 0 Å². The molecule has 0 heterocycles. The van der Waals surface area contributed by atoms with Crippen molar-refractivity contribution < 1.29 is 4.79 Å². The molecule has 3 heteroatoms. The van der Waals surface area contributed by atoms with Gasteiger partial charge in [-0.05, 0) is 61.3 Å². The average Bonchev–Trinajstić information content (AvgIpc) is 2.38. The number of hydrogen-bond acceptors (Lipinski definition) is 2. The fraction of sp³-hybridized carbons (Fsp3) is 0.588. The molecule has 1 amide bonds. The summed E-state index contributed by atoms with van der Waals surface area (Å²) >= 11 is 0. The molecular formula is C17H26N2O. The number of carbonyl (C=O) groups is 1. The number of aryl methyl sites for hydroxylation is 1. The van der Waals surface area contributed by atoms with Gasteiger partial charge in [0, 0.05) is 18.2 Å². The summed E-state index contributed by atoms with van der Waals surface area (Å²) in [5.74, 6) is 1.24. The van der Waals surface area contributed by atoms with Crippen molar-refractivity contribution in [1.29, 1.82) is 0 Å². The van der Waals surface area contributed by atoms with Crippen LogP contribution in [0.1, 0.15) is 54.6 Å². The van der Waals surface area contributed by atoms with Crippen molar-refractivity contribution >= 4 is 5.91 Å². The highest BCUT2D eigenvalue weighted by molar-refractivity contribution is 5.93. The van der Waals surface area contributed by atoms with Crippen molar-refractivity contribution in [1.82, 2.24) is 5.32 Å². The predicted octanol–water partition coefficient (Wildman–Crippen LogP) is 3.01. The summed E-state index contributed by atoms with van der Waals surface area (Å²) in [5.41, 5.74) is 8.27. The zero-order chi connectivity index (χ0) is 14.7. The van der Waals surface area contributed by atoms with E-state index in [2.05, 4.69) is 19.2 Å². The first-order chi connectivity index (χ1) is 9.47. The maximum atomic E-state index is 11.1. The monoisotopic (exact) mass is 274 g/mol. The molecule has 1 aliphatic carbocycles. The van der Waals surface area contributed by atoms with Crippen molar-refractivity contribution in [2.24, 2.45) is 17.6 Å². The van der Waals surface area contributed by atoms with E-state index in [1.807, 2.05) is 25.1 Å². The second-order valence-corrected chi connectivity index (χ2v) is 6.39. The van der Waals surface area contributed by atoms with E-state index in [1.165, 1.54) is 24.8 Å². The lowest BCUT2D eigenvalue weighted by Gasteiger charge is -2.33. The summed E-state index contributed by atoms with van der Waals surface area (Å²) in [6.07, 6.45) is 3.90. The maximum absolute atomic E-state index is 11.1. The van der Waals surface area contributed by atoms with Gasteiger partial charge < -0.3 is 11.1 Å². The molecule has 1 aromatic rings. The van der Waals surface area contributed by atoms with Crippen molar-refractivity contribution in [2.75, 3.05) is 0 Å². The number of benzene rings is 1. The Morgan fingerprint density at radius 3 is 2.70 bits per heavy atom. The molecule has 0 radical (unpaired) electrons. The molecule has 1 saturated carbocycles. The Hall–Kier alpha value is -1.35. The summed E-state index contributed by atoms with van der Waals surface area (Å²) in [6.45, 7) is 7.60. The summed E-state index contributed by atoms with van der Waals surface area (Å²) in [4.78, 5) is 11.1. The topological polar surface area (TPSA) is 55.1 Å². The van der Waals surface area contributed by atoms with Gasteiger partial charge in [0.2, 0.25) is 5.91 Å². The Morgan fingerprint density at radius 2 is 2.10 bits per heavy atom. The van der Waals surface area contributed by atoms with Crippen molar-refractivity contribution in [3.05, 3.63) is 34.9 Å². The number of nitrogens with two attached hydrogens (primary N) is 1. The summed E-state index contributed by atoms with van der Waals surface area (Å²) in [7, 11) is 0. The number of primary amides is 1. The van der Waals surface area contributed by atoms with Crippen LogP contribution in [-0.2, 0) is 6.54 Å². The minimum absolute atomic E-state index is 0.359. The van der Waals surface area contributed by atoms with Gasteiger partial charge in [-0.3, -0.25) is 4.79 Å². The quantitative estimate of drug-likeness (QED) is 0.886. The fourth-order valence-corrected chi connectivity index (χ4v) is 3.26. The molecular weight excluding hydrogens is 248 g/mol. The van der Waals surface area contributed by atoms with Crippen LogP contribution in [0.2, 0.25) is 0 Å². The van der Waals surface area contributed by atoms with E-state index < -0.39 is 0 Å². The lowest BCUT2D eigenvalue weighted by atomic mass is 9.80. The van der Waals surface area contributed by atoms with E-state index in [1.54, 1.807) is 0 Å². The molecule has 0 bridgehead atoms. The van der Waals surface area contributed by atoms with Gasteiger partial charge in [0.15, 0.2) is 0 Å². The fourth-order valence-electron chi connectivity index (χ4n) is 3.26. The Morgan fingerprint density at radius 1 is 1.35 bits per heavy atom. The molecule has 0 aliphatic heterocycles. The van der Waals surface area contributed by atoms with Crippen molar-refractivity contribution in [3.8, 4) is 0 Å². The van der Waals surface area contributed by atoms with Crippen LogP contribution in [0.15, 0.2) is 18.2 Å². The van der Waals surface area contributed by atoms with E-state index in [9.17, 15) is 4.79 Å². The molecule has 1 aromatic carbocycles. The highest BCUT2D eigenvalue weighted by Gasteiger charge is 2.24. The maximum Gasteiger partial charge on any atom is 0.248 e. The van der Waals surface area contributed by atoms with Crippen LogP contribution in [0.3, 0.4) is 0 Å². The number of rotatable bonds is 4. The number of hydrogen-bond donors (Lipinski definition) is 2. The lowest BCUT2D eigenvalue weighted by Crippen LogP contribution is -2.38. The Labute approximate surface area is 121 Å². The summed E-state index contributed by atoms with van der Waals surface area (Å²) in [5, 5.41) is 3.68. The lowest BCUT2D eigenvalue weighted by molar-refractivity contribution is 0.1000. The normalized spacial score (nSPS) is 26.4. The van der Waals surface area contributed by atoms with Gasteiger partial charge in [-0.25, -0.2) is 0 Å². The first kappa shape index (κ1) is 15.0. The summed E-state index contributed by atoms with van der Waals surface area (Å²) in [6, 6.07) is 6.32. The van der Waals surface area contributed by atoms with Crippen LogP contribution in [0, 0.1) is 18.8 Å². The third-order valence-electron chi connectivity index (χ3n) is 4.61. The average molecular weight is 274 g/mol. The van der Waals surface area contributed by atoms with Gasteiger partial charge in [-0.1, -0.05) is 19.9 Å². The van der Waals surface area contributed by atoms with E-state index in [0.717, 1.165) is 23.9 Å². The molecule has 20 heavy (non-hydrogen) atoms. The van der Waals surface area contributed by atoms with Crippen LogP contribution in [0.25, 0.3) is 0 Å². The molecule has 1 aliphatic rings. The van der Waals surface area contributed by atoms with Crippen LogP contribution < -0.4 is 11.1 Å². The third kappa shape index (κ3) is 3.60. The van der Waals surface area contributed by atoms with Crippen LogP contribution in [-0.4, -0.2) is 11.9 Å². The first-order valence-electron chi connectivity index (χ1n) is 7.60. The standard InChI is InChI=1S/C17H26N2O/c1-11-4-7-16(13(3)8-11)19-10-15-6-5-14(17(18)20)9-12(15)2/h5-6,9,11,13,16,19H,4,7-8,10H2,1-3H3,(H2,18,20). The minimum Gasteiger partial charge on any atom is -0.366 e. The molecule has 3 nitrogen and oxygen atoms in total. The van der Waals surface area contributed by atoms with Gasteiger partial charge in [-0.15, -0.1) is 0 Å². The molecule has 0 aromatic heterocycles. The van der Waals surface area contributed by atoms with Gasteiger partial charge in [0.1, 0.15) is 0 Å². The second-order valence-electron chi connectivity index (χ2n) is 6.39. The van der Waals surface area contributed by atoms with Crippen LogP contribution in [0.5, 0.6) is 0 Å². The SMILES string of the molecule is Cc1cc(C(N)=O)ccc1CNC1CCC(C)CC1C. The highest BCUT2D eigenvalue weighted by Crippen LogP contribution is 2.28. The van der Waals surface area contributed by atoms with Gasteiger partial charge in [0.25, 0.3) is 0 Å². The molecule has 0 saturated heterocycles. The zero-order valence-corrected chi connectivity index (χ0v) is 12.8. The van der Waals surface area contributed by atoms with Crippen LogP contribution >= 0.6 is 0 Å². The first-order valence-corrected chi connectivity index (χ1v) is 7.60. The Bertz CT molecular complexity index is 484. The summed E-state index contributed by atoms with van der Waals surface area (Å²) < 4.78 is 0. The molecule has 3 unspecified atom stereocenters. The molecule has 3 atom stereocenters. The van der Waals surface area contributed by atoms with Gasteiger partial charge in [-0.2, -0.15) is 0 Å². The minimum atomic E-state index is -0.359. The van der Waals surface area contributed by atoms with E-state index in [4.69, 9.17) is 5.73 Å². The number of carbonyl (C=O) groups excluding carboxylic acids is 1.